The van der Waals surface area contributed by atoms with Crippen molar-refractivity contribution in [2.45, 2.75) is 0 Å². The maximum absolute atomic E-state index is 5.34. The molecule has 0 unspecified atom stereocenters. The van der Waals surface area contributed by atoms with E-state index in [9.17, 15) is 0 Å². The Labute approximate surface area is 358 Å². The third-order valence-electron chi connectivity index (χ3n) is 12.0. The first-order valence-electron chi connectivity index (χ1n) is 20.9. The van der Waals surface area contributed by atoms with Crippen LogP contribution in [-0.4, -0.2) is 24.1 Å². The molecule has 9 aromatic carbocycles. The van der Waals surface area contributed by atoms with Crippen LogP contribution in [0.2, 0.25) is 0 Å². The molecule has 290 valence electrons. The Bertz CT molecular complexity index is 3610. The minimum atomic E-state index is 0.561. The summed E-state index contributed by atoms with van der Waals surface area (Å²) in [5, 5.41) is 4.67. The molecule has 5 heteroatoms. The lowest BCUT2D eigenvalue weighted by molar-refractivity contribution is 0.953. The number of rotatable bonds is 7. The van der Waals surface area contributed by atoms with Gasteiger partial charge >= 0.3 is 0 Å². The molecular formula is C57H37N5. The molecule has 0 fully saturated rings. The fraction of sp³-hybridized carbons (Fsp3) is 0. The summed E-state index contributed by atoms with van der Waals surface area (Å²) in [7, 11) is 0. The predicted molar refractivity (Wildman–Crippen MR) is 256 cm³/mol. The van der Waals surface area contributed by atoms with Crippen LogP contribution >= 0.6 is 0 Å². The molecule has 0 aliphatic rings. The third-order valence-corrected chi connectivity index (χ3v) is 12.0. The second-order valence-electron chi connectivity index (χ2n) is 15.7. The van der Waals surface area contributed by atoms with Crippen LogP contribution in [0.5, 0.6) is 0 Å². The molecular weight excluding hydrogens is 755 g/mol. The van der Waals surface area contributed by atoms with E-state index in [2.05, 4.69) is 209 Å². The minimum Gasteiger partial charge on any atom is -0.309 e. The van der Waals surface area contributed by atoms with Gasteiger partial charge in [0, 0.05) is 38.4 Å². The van der Waals surface area contributed by atoms with Gasteiger partial charge < -0.3 is 4.57 Å². The van der Waals surface area contributed by atoms with E-state index in [4.69, 9.17) is 15.0 Å². The number of benzene rings is 9. The zero-order valence-electron chi connectivity index (χ0n) is 33.6. The smallest absolute Gasteiger partial charge is 0.238 e. The van der Waals surface area contributed by atoms with Crippen LogP contribution in [0.15, 0.2) is 224 Å². The van der Waals surface area contributed by atoms with E-state index in [0.717, 1.165) is 60.8 Å². The summed E-state index contributed by atoms with van der Waals surface area (Å²) in [6, 6.07) is 79.3. The maximum Gasteiger partial charge on any atom is 0.238 e. The van der Waals surface area contributed by atoms with Crippen molar-refractivity contribution in [1.29, 1.82) is 0 Å². The first-order chi connectivity index (χ1) is 30.7. The van der Waals surface area contributed by atoms with Crippen LogP contribution in [-0.2, 0) is 0 Å². The van der Waals surface area contributed by atoms with Gasteiger partial charge in [0.2, 0.25) is 5.95 Å². The van der Waals surface area contributed by atoms with Crippen molar-refractivity contribution in [3.8, 4) is 67.8 Å². The summed E-state index contributed by atoms with van der Waals surface area (Å²) in [5.41, 5.74) is 14.2. The highest BCUT2D eigenvalue weighted by Crippen LogP contribution is 2.40. The van der Waals surface area contributed by atoms with Gasteiger partial charge in [-0.1, -0.05) is 182 Å². The van der Waals surface area contributed by atoms with E-state index in [1.165, 1.54) is 33.0 Å². The van der Waals surface area contributed by atoms with Gasteiger partial charge in [0.25, 0.3) is 0 Å². The van der Waals surface area contributed by atoms with Crippen molar-refractivity contribution in [3.05, 3.63) is 224 Å². The molecule has 0 N–H and O–H groups in total. The highest BCUT2D eigenvalue weighted by molar-refractivity contribution is 6.19. The normalized spacial score (nSPS) is 11.5. The summed E-state index contributed by atoms with van der Waals surface area (Å²) in [6.07, 6.45) is 0. The van der Waals surface area contributed by atoms with E-state index in [-0.39, 0.29) is 0 Å². The molecule has 0 radical (unpaired) electrons. The molecule has 0 bridgehead atoms. The number of hydrogen-bond acceptors (Lipinski definition) is 3. The summed E-state index contributed by atoms with van der Waals surface area (Å²) >= 11 is 0. The van der Waals surface area contributed by atoms with Gasteiger partial charge in [-0.2, -0.15) is 9.97 Å². The molecule has 3 heterocycles. The van der Waals surface area contributed by atoms with Gasteiger partial charge in [0.1, 0.15) is 0 Å². The molecule has 0 saturated heterocycles. The highest BCUT2D eigenvalue weighted by atomic mass is 15.2. The zero-order valence-corrected chi connectivity index (χ0v) is 33.6. The van der Waals surface area contributed by atoms with E-state index in [1.54, 1.807) is 0 Å². The molecule has 5 nitrogen and oxygen atoms in total. The van der Waals surface area contributed by atoms with Gasteiger partial charge in [-0.3, -0.25) is 4.57 Å². The Morgan fingerprint density at radius 2 is 0.677 bits per heavy atom. The standard InChI is InChI=1S/C57H37N5/c1-4-16-38(17-5-1)40-30-32-41(33-31-40)43-22-14-24-45(34-43)56-58-55(42-20-8-3-9-21-42)59-57(60-56)62-52-29-13-11-27-48(52)50-36-49-47-26-10-12-28-51(47)61(53(49)37-54(50)62)46-25-15-23-44(35-46)39-18-6-2-7-19-39/h1-37H. The Hall–Kier alpha value is -8.41. The predicted octanol–water partition coefficient (Wildman–Crippen LogP) is 14.4. The van der Waals surface area contributed by atoms with Crippen LogP contribution in [0, 0.1) is 0 Å². The average Bonchev–Trinajstić information content (AvgIpc) is 3.86. The fourth-order valence-electron chi connectivity index (χ4n) is 9.01. The first kappa shape index (κ1) is 35.5. The number of fused-ring (bicyclic) bond motifs is 6. The minimum absolute atomic E-state index is 0.561. The molecule has 12 aromatic rings. The van der Waals surface area contributed by atoms with Crippen molar-refractivity contribution in [1.82, 2.24) is 24.1 Å². The van der Waals surface area contributed by atoms with Crippen LogP contribution in [0.3, 0.4) is 0 Å². The lowest BCUT2D eigenvalue weighted by atomic mass is 9.99. The molecule has 0 amide bonds. The lowest BCUT2D eigenvalue weighted by Crippen LogP contribution is -2.06. The average molecular weight is 792 g/mol. The summed E-state index contributed by atoms with van der Waals surface area (Å²) in [4.78, 5) is 15.8. The second-order valence-corrected chi connectivity index (χ2v) is 15.7. The zero-order chi connectivity index (χ0) is 41.0. The van der Waals surface area contributed by atoms with Gasteiger partial charge in [-0.15, -0.1) is 0 Å². The molecule has 0 atom stereocenters. The van der Waals surface area contributed by atoms with Crippen molar-refractivity contribution >= 4 is 43.6 Å². The SMILES string of the molecule is c1ccc(-c2ccc(-c3cccc(-c4nc(-c5ccccc5)nc(-n5c6ccccc6c6cc7c8ccccc8n(-c8cccc(-c9ccccc9)c8)c7cc65)n4)c3)cc2)cc1. The first-order valence-corrected chi connectivity index (χ1v) is 20.9. The molecule has 0 aliphatic heterocycles. The van der Waals surface area contributed by atoms with Crippen LogP contribution in [0.25, 0.3) is 111 Å². The number of nitrogens with zero attached hydrogens (tertiary/aromatic N) is 5. The molecule has 3 aromatic heterocycles. The Morgan fingerprint density at radius 1 is 0.242 bits per heavy atom. The van der Waals surface area contributed by atoms with Gasteiger partial charge in [0.05, 0.1) is 22.1 Å². The largest absolute Gasteiger partial charge is 0.309 e. The topological polar surface area (TPSA) is 48.5 Å². The summed E-state index contributed by atoms with van der Waals surface area (Å²) in [6.45, 7) is 0. The summed E-state index contributed by atoms with van der Waals surface area (Å²) < 4.78 is 4.61. The van der Waals surface area contributed by atoms with Crippen molar-refractivity contribution in [2.75, 3.05) is 0 Å². The molecule has 0 saturated carbocycles. The van der Waals surface area contributed by atoms with E-state index in [0.29, 0.717) is 17.6 Å². The third kappa shape index (κ3) is 6.06. The molecule has 0 spiro atoms. The van der Waals surface area contributed by atoms with Gasteiger partial charge in [-0.25, -0.2) is 4.98 Å². The summed E-state index contributed by atoms with van der Waals surface area (Å²) in [5.74, 6) is 1.78. The lowest BCUT2D eigenvalue weighted by Gasteiger charge is -2.13. The van der Waals surface area contributed by atoms with E-state index >= 15 is 0 Å². The van der Waals surface area contributed by atoms with Crippen LogP contribution in [0.1, 0.15) is 0 Å². The van der Waals surface area contributed by atoms with E-state index in [1.807, 2.05) is 24.3 Å². The van der Waals surface area contributed by atoms with Crippen molar-refractivity contribution in [3.63, 3.8) is 0 Å². The molecule has 0 aliphatic carbocycles. The second kappa shape index (κ2) is 14.7. The van der Waals surface area contributed by atoms with E-state index < -0.39 is 0 Å². The van der Waals surface area contributed by atoms with Gasteiger partial charge in [-0.05, 0) is 75.8 Å². The maximum atomic E-state index is 5.34. The van der Waals surface area contributed by atoms with Crippen molar-refractivity contribution in [2.24, 2.45) is 0 Å². The number of hydrogen-bond donors (Lipinski definition) is 0. The van der Waals surface area contributed by atoms with Crippen molar-refractivity contribution < 1.29 is 0 Å². The number of para-hydroxylation sites is 2. The quantitative estimate of drug-likeness (QED) is 0.162. The van der Waals surface area contributed by atoms with Crippen LogP contribution < -0.4 is 0 Å². The Morgan fingerprint density at radius 3 is 1.32 bits per heavy atom. The number of aromatic nitrogens is 5. The molecule has 62 heavy (non-hydrogen) atoms. The highest BCUT2D eigenvalue weighted by Gasteiger charge is 2.21. The molecule has 12 rings (SSSR count). The Kier molecular flexibility index (Phi) is 8.42. The van der Waals surface area contributed by atoms with Gasteiger partial charge in [0.15, 0.2) is 11.6 Å². The Balaban J connectivity index is 1.07. The monoisotopic (exact) mass is 791 g/mol. The fourth-order valence-corrected chi connectivity index (χ4v) is 9.01. The van der Waals surface area contributed by atoms with Crippen LogP contribution in [0.4, 0.5) is 0 Å².